The van der Waals surface area contributed by atoms with Crippen molar-refractivity contribution in [2.24, 2.45) is 0 Å². The lowest BCUT2D eigenvalue weighted by Gasteiger charge is -2.34. The Morgan fingerprint density at radius 3 is 2.04 bits per heavy atom. The monoisotopic (exact) mass is 733 g/mol. The fraction of sp³-hybridized carbons (Fsp3) is 0.235. The second-order valence-corrected chi connectivity index (χ2v) is 13.6. The van der Waals surface area contributed by atoms with Crippen molar-refractivity contribution in [1.82, 2.24) is 10.2 Å². The van der Waals surface area contributed by atoms with Crippen LogP contribution < -0.4 is 23.8 Å². The van der Waals surface area contributed by atoms with Gasteiger partial charge in [0.25, 0.3) is 10.0 Å². The number of ether oxygens (including phenoxy) is 3. The maximum atomic E-state index is 14.6. The number of benzene rings is 4. The lowest BCUT2D eigenvalue weighted by molar-refractivity contribution is -0.139. The highest BCUT2D eigenvalue weighted by molar-refractivity contribution is 7.92. The zero-order valence-corrected chi connectivity index (χ0v) is 29.7. The van der Waals surface area contributed by atoms with Crippen molar-refractivity contribution >= 4 is 62.3 Å². The molecule has 2 amide bonds. The highest BCUT2D eigenvalue weighted by Gasteiger charge is 2.36. The molecule has 4 rings (SSSR count). The first-order chi connectivity index (χ1) is 22.9. The van der Waals surface area contributed by atoms with Crippen molar-refractivity contribution in [3.05, 3.63) is 111 Å². The molecule has 0 aliphatic heterocycles. The Labute approximate surface area is 295 Å². The third-order valence-corrected chi connectivity index (χ3v) is 10.1. The average Bonchev–Trinajstić information content (AvgIpc) is 3.09. The van der Waals surface area contributed by atoms with E-state index in [1.807, 2.05) is 30.3 Å². The van der Waals surface area contributed by atoms with Gasteiger partial charge in [0.1, 0.15) is 18.3 Å². The van der Waals surface area contributed by atoms with Crippen molar-refractivity contribution in [2.75, 3.05) is 39.2 Å². The summed E-state index contributed by atoms with van der Waals surface area (Å²) >= 11 is 19.0. The minimum atomic E-state index is -4.52. The SMILES string of the molecule is CNC(=O)C(Cc1ccccc1)N(Cc1ccc(Cl)cc1Cl)C(=O)CN(c1cc(Cl)ccc1OC)S(=O)(=O)c1ccc(OC)c(OC)c1. The van der Waals surface area contributed by atoms with Crippen LogP contribution in [-0.4, -0.2) is 66.1 Å². The second-order valence-electron chi connectivity index (χ2n) is 10.4. The standard InChI is InChI=1S/C34H34Cl3N3O7S/c1-38-34(42)29(16-22-8-6-5-7-9-22)39(20-23-10-11-24(35)17-27(23)37)33(41)21-40(28-18-25(36)12-14-30(28)45-2)48(43,44)26-13-15-31(46-3)32(19-26)47-4/h5-15,17-19,29H,16,20-21H2,1-4H3,(H,38,42). The number of likely N-dealkylation sites (N-methyl/N-ethyl adjacent to an activating group) is 1. The van der Waals surface area contributed by atoms with E-state index in [2.05, 4.69) is 5.32 Å². The van der Waals surface area contributed by atoms with E-state index in [1.54, 1.807) is 12.1 Å². The molecule has 0 aromatic heterocycles. The van der Waals surface area contributed by atoms with Crippen LogP contribution in [0.15, 0.2) is 89.8 Å². The van der Waals surface area contributed by atoms with Crippen molar-refractivity contribution in [3.8, 4) is 17.2 Å². The summed E-state index contributed by atoms with van der Waals surface area (Å²) in [6, 6.07) is 21.3. The summed E-state index contributed by atoms with van der Waals surface area (Å²) in [6.07, 6.45) is 0.125. The fourth-order valence-corrected chi connectivity index (χ4v) is 7.10. The number of hydrogen-bond acceptors (Lipinski definition) is 7. The molecule has 0 spiro atoms. The minimum absolute atomic E-state index is 0.00263. The number of halogens is 3. The third kappa shape index (κ3) is 8.46. The van der Waals surface area contributed by atoms with Crippen LogP contribution >= 0.6 is 34.8 Å². The molecular formula is C34H34Cl3N3O7S. The molecule has 4 aromatic rings. The fourth-order valence-electron chi connectivity index (χ4n) is 5.03. The van der Waals surface area contributed by atoms with Gasteiger partial charge in [0.15, 0.2) is 11.5 Å². The number of hydrogen-bond donors (Lipinski definition) is 1. The van der Waals surface area contributed by atoms with Crippen LogP contribution in [0.25, 0.3) is 0 Å². The number of amides is 2. The first-order valence-corrected chi connectivity index (χ1v) is 17.1. The molecule has 0 aliphatic rings. The van der Waals surface area contributed by atoms with Gasteiger partial charge < -0.3 is 24.4 Å². The number of carbonyl (C=O) groups excluding carboxylic acids is 2. The van der Waals surface area contributed by atoms with Gasteiger partial charge in [-0.15, -0.1) is 0 Å². The van der Waals surface area contributed by atoms with Crippen LogP contribution in [0.2, 0.25) is 15.1 Å². The number of anilines is 1. The maximum Gasteiger partial charge on any atom is 0.265 e. The molecule has 4 aromatic carbocycles. The van der Waals surface area contributed by atoms with Gasteiger partial charge in [-0.2, -0.15) is 0 Å². The summed E-state index contributed by atoms with van der Waals surface area (Å²) in [7, 11) is 1.11. The van der Waals surface area contributed by atoms with E-state index in [-0.39, 0.29) is 45.1 Å². The van der Waals surface area contributed by atoms with E-state index < -0.39 is 34.4 Å². The Kier molecular flexibility index (Phi) is 12.4. The molecule has 0 bridgehead atoms. The Bertz CT molecular complexity index is 1880. The van der Waals surface area contributed by atoms with Crippen molar-refractivity contribution in [3.63, 3.8) is 0 Å². The van der Waals surface area contributed by atoms with Crippen LogP contribution in [0, 0.1) is 0 Å². The molecule has 1 N–H and O–H groups in total. The molecule has 0 heterocycles. The van der Waals surface area contributed by atoms with Gasteiger partial charge in [0.05, 0.1) is 31.9 Å². The first-order valence-electron chi connectivity index (χ1n) is 14.5. The molecule has 254 valence electrons. The number of methoxy groups -OCH3 is 3. The van der Waals surface area contributed by atoms with E-state index in [9.17, 15) is 18.0 Å². The molecule has 1 atom stereocenters. The van der Waals surface area contributed by atoms with Crippen LogP contribution in [0.4, 0.5) is 5.69 Å². The number of sulfonamides is 1. The summed E-state index contributed by atoms with van der Waals surface area (Å²) in [5.41, 5.74) is 1.26. The number of nitrogens with one attached hydrogen (secondary N) is 1. The van der Waals surface area contributed by atoms with Crippen molar-refractivity contribution in [2.45, 2.75) is 23.9 Å². The first kappa shape index (κ1) is 36.7. The molecule has 0 radical (unpaired) electrons. The summed E-state index contributed by atoms with van der Waals surface area (Å²) < 4.78 is 46.0. The zero-order valence-electron chi connectivity index (χ0n) is 26.6. The van der Waals surface area contributed by atoms with E-state index in [0.29, 0.717) is 16.3 Å². The summed E-state index contributed by atoms with van der Waals surface area (Å²) in [5, 5.41) is 3.48. The van der Waals surface area contributed by atoms with Crippen molar-refractivity contribution in [1.29, 1.82) is 0 Å². The minimum Gasteiger partial charge on any atom is -0.495 e. The number of carbonyl (C=O) groups is 2. The van der Waals surface area contributed by atoms with Gasteiger partial charge >= 0.3 is 0 Å². The highest BCUT2D eigenvalue weighted by atomic mass is 35.5. The Hall–Kier alpha value is -4.16. The molecule has 10 nitrogen and oxygen atoms in total. The Morgan fingerprint density at radius 1 is 0.792 bits per heavy atom. The van der Waals surface area contributed by atoms with E-state index >= 15 is 0 Å². The van der Waals surface area contributed by atoms with Gasteiger partial charge in [-0.3, -0.25) is 13.9 Å². The molecule has 1 unspecified atom stereocenters. The molecule has 0 saturated heterocycles. The molecule has 0 saturated carbocycles. The molecule has 0 fully saturated rings. The van der Waals surface area contributed by atoms with Gasteiger partial charge in [-0.25, -0.2) is 8.42 Å². The molecular weight excluding hydrogens is 701 g/mol. The predicted molar refractivity (Wildman–Crippen MR) is 187 cm³/mol. The molecule has 14 heteroatoms. The molecule has 48 heavy (non-hydrogen) atoms. The second kappa shape index (κ2) is 16.3. The van der Waals surface area contributed by atoms with Crippen molar-refractivity contribution < 1.29 is 32.2 Å². The van der Waals surface area contributed by atoms with Gasteiger partial charge in [0.2, 0.25) is 11.8 Å². The predicted octanol–water partition coefficient (Wildman–Crippen LogP) is 6.25. The van der Waals surface area contributed by atoms with E-state index in [0.717, 1.165) is 9.87 Å². The van der Waals surface area contributed by atoms with Crippen LogP contribution in [-0.2, 0) is 32.6 Å². The van der Waals surface area contributed by atoms with Crippen LogP contribution in [0.5, 0.6) is 17.2 Å². The summed E-state index contributed by atoms with van der Waals surface area (Å²) in [4.78, 5) is 29.2. The van der Waals surface area contributed by atoms with E-state index in [4.69, 9.17) is 49.0 Å². The summed E-state index contributed by atoms with van der Waals surface area (Å²) in [6.45, 7) is -0.891. The third-order valence-electron chi connectivity index (χ3n) is 7.50. The van der Waals surface area contributed by atoms with Crippen LogP contribution in [0.3, 0.4) is 0 Å². The summed E-state index contributed by atoms with van der Waals surface area (Å²) in [5.74, 6) is -0.580. The zero-order chi connectivity index (χ0) is 35.0. The Balaban J connectivity index is 1.88. The average molecular weight is 735 g/mol. The largest absolute Gasteiger partial charge is 0.495 e. The molecule has 0 aliphatic carbocycles. The Morgan fingerprint density at radius 2 is 1.42 bits per heavy atom. The smallest absolute Gasteiger partial charge is 0.265 e. The van der Waals surface area contributed by atoms with Gasteiger partial charge in [-0.1, -0.05) is 71.2 Å². The lowest BCUT2D eigenvalue weighted by atomic mass is 10.0. The van der Waals surface area contributed by atoms with Gasteiger partial charge in [0, 0.05) is 41.1 Å². The number of rotatable bonds is 14. The lowest BCUT2D eigenvalue weighted by Crippen LogP contribution is -2.53. The quantitative estimate of drug-likeness (QED) is 0.163. The van der Waals surface area contributed by atoms with Gasteiger partial charge in [-0.05, 0) is 53.6 Å². The number of nitrogens with zero attached hydrogens (tertiary/aromatic N) is 2. The topological polar surface area (TPSA) is 114 Å². The maximum absolute atomic E-state index is 14.6. The normalized spacial score (nSPS) is 11.7. The highest BCUT2D eigenvalue weighted by Crippen LogP contribution is 2.37. The van der Waals surface area contributed by atoms with E-state index in [1.165, 1.54) is 75.7 Å². The van der Waals surface area contributed by atoms with Crippen LogP contribution in [0.1, 0.15) is 11.1 Å².